The molecular formula is C16H17F2N3S. The minimum Gasteiger partial charge on any atom is -0.370 e. The van der Waals surface area contributed by atoms with Gasteiger partial charge in [-0.05, 0) is 43.2 Å². The van der Waals surface area contributed by atoms with Gasteiger partial charge in [0.25, 0.3) is 0 Å². The summed E-state index contributed by atoms with van der Waals surface area (Å²) in [6, 6.07) is 7.25. The molecule has 2 rings (SSSR count). The van der Waals surface area contributed by atoms with E-state index in [1.165, 1.54) is 18.2 Å². The average Bonchev–Trinajstić information content (AvgIpc) is 2.45. The molecule has 3 N–H and O–H groups in total. The molecule has 0 heterocycles. The number of nitrogens with two attached hydrogens (primary N) is 1. The minimum absolute atomic E-state index is 0.194. The lowest BCUT2D eigenvalue weighted by atomic mass is 9.98. The highest BCUT2D eigenvalue weighted by atomic mass is 32.1. The lowest BCUT2D eigenvalue weighted by molar-refractivity contribution is 0.618. The van der Waals surface area contributed by atoms with Gasteiger partial charge in [-0.15, -0.1) is 12.6 Å². The number of anilines is 1. The number of benzene rings is 2. The second kappa shape index (κ2) is 6.79. The fourth-order valence-electron chi connectivity index (χ4n) is 2.17. The summed E-state index contributed by atoms with van der Waals surface area (Å²) in [5.74, 6) is -0.622. The summed E-state index contributed by atoms with van der Waals surface area (Å²) in [6.07, 6.45) is 0. The van der Waals surface area contributed by atoms with Crippen molar-refractivity contribution in [2.45, 2.75) is 18.7 Å². The van der Waals surface area contributed by atoms with Gasteiger partial charge < -0.3 is 11.1 Å². The molecule has 3 nitrogen and oxygen atoms in total. The van der Waals surface area contributed by atoms with E-state index in [0.29, 0.717) is 33.8 Å². The van der Waals surface area contributed by atoms with Gasteiger partial charge >= 0.3 is 0 Å². The van der Waals surface area contributed by atoms with Crippen LogP contribution in [0.2, 0.25) is 0 Å². The first kappa shape index (κ1) is 16.3. The number of nitrogens with one attached hydrogen (secondary N) is 1. The zero-order valence-electron chi connectivity index (χ0n) is 12.3. The molecule has 0 atom stereocenters. The Morgan fingerprint density at radius 3 is 2.68 bits per heavy atom. The van der Waals surface area contributed by atoms with Crippen molar-refractivity contribution < 1.29 is 8.78 Å². The second-order valence-electron chi connectivity index (χ2n) is 4.74. The molecule has 0 saturated carbocycles. The van der Waals surface area contributed by atoms with Gasteiger partial charge in [0.05, 0.1) is 5.69 Å². The van der Waals surface area contributed by atoms with E-state index in [1.807, 2.05) is 6.92 Å². The van der Waals surface area contributed by atoms with Crippen molar-refractivity contribution in [3.05, 3.63) is 47.5 Å². The molecule has 6 heteroatoms. The molecule has 0 aliphatic heterocycles. The molecule has 0 saturated heterocycles. The molecule has 0 aromatic heterocycles. The molecule has 0 amide bonds. The Kier molecular flexibility index (Phi) is 5.03. The van der Waals surface area contributed by atoms with Gasteiger partial charge in [0.2, 0.25) is 0 Å². The van der Waals surface area contributed by atoms with E-state index in [0.717, 1.165) is 0 Å². The van der Waals surface area contributed by atoms with Gasteiger partial charge in [-0.2, -0.15) is 0 Å². The summed E-state index contributed by atoms with van der Waals surface area (Å²) >= 11 is 4.28. The smallest absolute Gasteiger partial charge is 0.193 e. The number of guanidine groups is 1. The van der Waals surface area contributed by atoms with Crippen LogP contribution in [0.15, 0.2) is 40.2 Å². The number of thiol groups is 1. The fraction of sp³-hybridized carbons (Fsp3) is 0.188. The van der Waals surface area contributed by atoms with Crippen LogP contribution in [0.1, 0.15) is 12.5 Å². The highest BCUT2D eigenvalue weighted by Gasteiger charge is 2.15. The third-order valence-electron chi connectivity index (χ3n) is 3.22. The Labute approximate surface area is 133 Å². The van der Waals surface area contributed by atoms with Gasteiger partial charge in [0.15, 0.2) is 5.96 Å². The van der Waals surface area contributed by atoms with Crippen molar-refractivity contribution in [2.75, 3.05) is 11.9 Å². The first-order valence-corrected chi connectivity index (χ1v) is 7.23. The van der Waals surface area contributed by atoms with E-state index < -0.39 is 5.82 Å². The lowest BCUT2D eigenvalue weighted by Gasteiger charge is -2.16. The van der Waals surface area contributed by atoms with Crippen molar-refractivity contribution in [1.29, 1.82) is 0 Å². The van der Waals surface area contributed by atoms with E-state index in [9.17, 15) is 8.78 Å². The first-order chi connectivity index (χ1) is 10.4. The normalized spacial score (nSPS) is 11.6. The molecule has 22 heavy (non-hydrogen) atoms. The van der Waals surface area contributed by atoms with Crippen molar-refractivity contribution in [1.82, 2.24) is 0 Å². The molecule has 0 fully saturated rings. The van der Waals surface area contributed by atoms with Crippen molar-refractivity contribution >= 4 is 24.3 Å². The Bertz CT molecular complexity index is 730. The number of nitrogens with zero attached hydrogens (tertiary/aromatic N) is 1. The zero-order chi connectivity index (χ0) is 16.3. The largest absolute Gasteiger partial charge is 0.370 e. The Morgan fingerprint density at radius 2 is 2.00 bits per heavy atom. The third kappa shape index (κ3) is 3.39. The van der Waals surface area contributed by atoms with Gasteiger partial charge in [0, 0.05) is 17.0 Å². The number of hydrogen-bond donors (Lipinski definition) is 3. The number of aliphatic imine (C=N–C) groups is 1. The van der Waals surface area contributed by atoms with Crippen molar-refractivity contribution in [3.8, 4) is 11.1 Å². The topological polar surface area (TPSA) is 50.4 Å². The lowest BCUT2D eigenvalue weighted by Crippen LogP contribution is -2.23. The summed E-state index contributed by atoms with van der Waals surface area (Å²) in [4.78, 5) is 4.41. The standard InChI is InChI=1S/C16H17F2N3S/c1-3-20-16(19)21-15-12(7-10(17)8-14(15)22)11-5-4-6-13(18)9(11)2/h4-8,22H,3H2,1-2H3,(H3,19,20,21). The Morgan fingerprint density at radius 1 is 1.27 bits per heavy atom. The van der Waals surface area contributed by atoms with Crippen molar-refractivity contribution in [3.63, 3.8) is 0 Å². The third-order valence-corrected chi connectivity index (χ3v) is 3.57. The van der Waals surface area contributed by atoms with E-state index in [-0.39, 0.29) is 11.8 Å². The van der Waals surface area contributed by atoms with Gasteiger partial charge in [-0.1, -0.05) is 12.1 Å². The minimum atomic E-state index is -0.458. The molecule has 116 valence electrons. The number of halogens is 2. The Balaban J connectivity index is 2.64. The fourth-order valence-corrected chi connectivity index (χ4v) is 2.47. The van der Waals surface area contributed by atoms with E-state index >= 15 is 0 Å². The summed E-state index contributed by atoms with van der Waals surface area (Å²) < 4.78 is 27.6. The second-order valence-corrected chi connectivity index (χ2v) is 5.23. The van der Waals surface area contributed by atoms with Gasteiger partial charge in [-0.3, -0.25) is 4.99 Å². The molecule has 0 radical (unpaired) electrons. The molecule has 2 aromatic rings. The summed E-state index contributed by atoms with van der Waals surface area (Å²) in [5, 5.41) is 2.91. The van der Waals surface area contributed by atoms with Crippen LogP contribution in [0.3, 0.4) is 0 Å². The van der Waals surface area contributed by atoms with Crippen LogP contribution in [0.4, 0.5) is 14.5 Å². The molecule has 2 aromatic carbocycles. The average molecular weight is 321 g/mol. The SMILES string of the molecule is CCN=C(N)Nc1c(S)cc(F)cc1-c1cccc(F)c1C. The maximum Gasteiger partial charge on any atom is 0.193 e. The summed E-state index contributed by atoms with van der Waals surface area (Å²) in [5.41, 5.74) is 7.75. The van der Waals surface area contributed by atoms with Crippen LogP contribution in [-0.4, -0.2) is 12.5 Å². The predicted octanol–water partition coefficient (Wildman–Crippen LogP) is 3.98. The van der Waals surface area contributed by atoms with Crippen molar-refractivity contribution in [2.24, 2.45) is 10.7 Å². The summed E-state index contributed by atoms with van der Waals surface area (Å²) in [6.45, 7) is 4.00. The zero-order valence-corrected chi connectivity index (χ0v) is 13.2. The van der Waals surface area contributed by atoms with Crippen LogP contribution in [0, 0.1) is 18.6 Å². The van der Waals surface area contributed by atoms with E-state index in [1.54, 1.807) is 19.1 Å². The molecule has 0 spiro atoms. The number of hydrogen-bond acceptors (Lipinski definition) is 2. The Hall–Kier alpha value is -2.08. The van der Waals surface area contributed by atoms with E-state index in [4.69, 9.17) is 5.73 Å². The van der Waals surface area contributed by atoms with Crippen LogP contribution in [0.25, 0.3) is 11.1 Å². The maximum atomic E-state index is 13.8. The van der Waals surface area contributed by atoms with Gasteiger partial charge in [-0.25, -0.2) is 8.78 Å². The first-order valence-electron chi connectivity index (χ1n) is 6.79. The predicted molar refractivity (Wildman–Crippen MR) is 89.6 cm³/mol. The van der Waals surface area contributed by atoms with Crippen LogP contribution >= 0.6 is 12.6 Å². The highest BCUT2D eigenvalue weighted by Crippen LogP contribution is 2.36. The quantitative estimate of drug-likeness (QED) is 0.455. The molecule has 0 aliphatic carbocycles. The molecule has 0 aliphatic rings. The van der Waals surface area contributed by atoms with Crippen LogP contribution in [-0.2, 0) is 0 Å². The number of rotatable bonds is 3. The molecule has 0 unspecified atom stereocenters. The summed E-state index contributed by atoms with van der Waals surface area (Å²) in [7, 11) is 0. The van der Waals surface area contributed by atoms with Crippen LogP contribution < -0.4 is 11.1 Å². The van der Waals surface area contributed by atoms with E-state index in [2.05, 4.69) is 22.9 Å². The molecular weight excluding hydrogens is 304 g/mol. The molecule has 0 bridgehead atoms. The highest BCUT2D eigenvalue weighted by molar-refractivity contribution is 7.80. The monoisotopic (exact) mass is 321 g/mol. The van der Waals surface area contributed by atoms with Gasteiger partial charge in [0.1, 0.15) is 11.6 Å². The maximum absolute atomic E-state index is 13.8. The van der Waals surface area contributed by atoms with Crippen LogP contribution in [0.5, 0.6) is 0 Å².